The lowest BCUT2D eigenvalue weighted by molar-refractivity contribution is -0.220. The second-order valence-electron chi connectivity index (χ2n) is 4.92. The highest BCUT2D eigenvalue weighted by atomic mass is 19.4. The highest BCUT2D eigenvalue weighted by molar-refractivity contribution is 5.76. The minimum Gasteiger partial charge on any atom is -0.452 e. The summed E-state index contributed by atoms with van der Waals surface area (Å²) in [7, 11) is 0. The van der Waals surface area contributed by atoms with Gasteiger partial charge < -0.3 is 4.74 Å². The minimum atomic E-state index is -4.86. The summed E-state index contributed by atoms with van der Waals surface area (Å²) in [6.45, 7) is 0. The van der Waals surface area contributed by atoms with Crippen molar-refractivity contribution in [1.82, 2.24) is 0 Å². The Labute approximate surface area is 92.1 Å². The van der Waals surface area contributed by atoms with Crippen molar-refractivity contribution in [2.45, 2.75) is 56.7 Å². The monoisotopic (exact) mass is 236 g/mol. The molecule has 0 spiro atoms. The van der Waals surface area contributed by atoms with E-state index in [0.29, 0.717) is 25.2 Å². The molecule has 2 aliphatic carbocycles. The van der Waals surface area contributed by atoms with E-state index in [1.165, 1.54) is 0 Å². The number of rotatable bonds is 1. The van der Waals surface area contributed by atoms with Crippen LogP contribution in [-0.4, -0.2) is 17.7 Å². The smallest absolute Gasteiger partial charge is 0.452 e. The second-order valence-corrected chi connectivity index (χ2v) is 4.92. The van der Waals surface area contributed by atoms with Gasteiger partial charge >= 0.3 is 12.1 Å². The van der Waals surface area contributed by atoms with Crippen molar-refractivity contribution in [2.75, 3.05) is 0 Å². The Balaban J connectivity index is 2.04. The molecule has 0 amide bonds. The molecule has 2 saturated carbocycles. The molecule has 0 aromatic heterocycles. The van der Waals surface area contributed by atoms with E-state index in [1.807, 2.05) is 0 Å². The molecule has 2 rings (SSSR count). The van der Waals surface area contributed by atoms with Crippen LogP contribution in [0.2, 0.25) is 0 Å². The molecule has 2 bridgehead atoms. The largest absolute Gasteiger partial charge is 0.490 e. The van der Waals surface area contributed by atoms with Crippen LogP contribution < -0.4 is 0 Å². The molecular formula is C11H15F3O2. The average Bonchev–Trinajstić information content (AvgIpc) is 2.15. The van der Waals surface area contributed by atoms with Crippen LogP contribution in [-0.2, 0) is 9.53 Å². The third kappa shape index (κ3) is 2.33. The van der Waals surface area contributed by atoms with Gasteiger partial charge in [0, 0.05) is 0 Å². The maximum atomic E-state index is 12.2. The van der Waals surface area contributed by atoms with Crippen LogP contribution in [0.25, 0.3) is 0 Å². The van der Waals surface area contributed by atoms with Crippen molar-refractivity contribution in [3.05, 3.63) is 0 Å². The Morgan fingerprint density at radius 2 is 1.75 bits per heavy atom. The first-order valence-corrected chi connectivity index (χ1v) is 5.71. The van der Waals surface area contributed by atoms with E-state index < -0.39 is 17.7 Å². The lowest BCUT2D eigenvalue weighted by Gasteiger charge is -2.44. The SMILES string of the molecule is O=C(OC12CCCC(CCC1)C2)C(F)(F)F. The van der Waals surface area contributed by atoms with E-state index in [1.54, 1.807) is 0 Å². The second kappa shape index (κ2) is 3.93. The maximum absolute atomic E-state index is 12.2. The summed E-state index contributed by atoms with van der Waals surface area (Å²) in [5.74, 6) is -1.57. The van der Waals surface area contributed by atoms with Crippen LogP contribution in [0.1, 0.15) is 44.9 Å². The predicted molar refractivity (Wildman–Crippen MR) is 50.7 cm³/mol. The molecule has 0 N–H and O–H groups in total. The van der Waals surface area contributed by atoms with Crippen molar-refractivity contribution < 1.29 is 22.7 Å². The van der Waals surface area contributed by atoms with Crippen LogP contribution in [0.15, 0.2) is 0 Å². The minimum absolute atomic E-state index is 0.448. The molecule has 0 aromatic carbocycles. The quantitative estimate of drug-likeness (QED) is 0.653. The number of esters is 1. The molecular weight excluding hydrogens is 221 g/mol. The zero-order chi connectivity index (χ0) is 11.8. The van der Waals surface area contributed by atoms with Crippen LogP contribution >= 0.6 is 0 Å². The van der Waals surface area contributed by atoms with E-state index in [4.69, 9.17) is 4.74 Å². The van der Waals surface area contributed by atoms with Gasteiger partial charge in [0.15, 0.2) is 0 Å². The van der Waals surface area contributed by atoms with Crippen molar-refractivity contribution in [1.29, 1.82) is 0 Å². The van der Waals surface area contributed by atoms with Crippen molar-refractivity contribution >= 4 is 5.97 Å². The molecule has 0 heterocycles. The first-order chi connectivity index (χ1) is 7.41. The van der Waals surface area contributed by atoms with E-state index in [2.05, 4.69) is 0 Å². The molecule has 2 aliphatic rings. The van der Waals surface area contributed by atoms with Crippen molar-refractivity contribution in [3.63, 3.8) is 0 Å². The first kappa shape index (κ1) is 11.7. The number of halogens is 3. The average molecular weight is 236 g/mol. The molecule has 92 valence electrons. The van der Waals surface area contributed by atoms with Gasteiger partial charge in [-0.1, -0.05) is 12.8 Å². The number of alkyl halides is 3. The summed E-state index contributed by atoms with van der Waals surface area (Å²) in [6, 6.07) is 0. The molecule has 0 radical (unpaired) electrons. The van der Waals surface area contributed by atoms with Gasteiger partial charge in [0.05, 0.1) is 0 Å². The number of carbonyl (C=O) groups is 1. The highest BCUT2D eigenvalue weighted by Gasteiger charge is 2.49. The highest BCUT2D eigenvalue weighted by Crippen LogP contribution is 2.45. The number of fused-ring (bicyclic) bond motifs is 2. The van der Waals surface area contributed by atoms with Gasteiger partial charge in [-0.25, -0.2) is 4.79 Å². The zero-order valence-corrected chi connectivity index (χ0v) is 8.98. The molecule has 0 atom stereocenters. The third-order valence-corrected chi connectivity index (χ3v) is 3.69. The van der Waals surface area contributed by atoms with Crippen molar-refractivity contribution in [2.24, 2.45) is 5.92 Å². The summed E-state index contributed by atoms with van der Waals surface area (Å²) in [6.07, 6.45) is 0.798. The molecule has 0 unspecified atom stereocenters. The molecule has 2 fully saturated rings. The molecule has 16 heavy (non-hydrogen) atoms. The van der Waals surface area contributed by atoms with E-state index in [9.17, 15) is 18.0 Å². The summed E-state index contributed by atoms with van der Waals surface area (Å²) in [4.78, 5) is 10.9. The summed E-state index contributed by atoms with van der Waals surface area (Å²) < 4.78 is 41.2. The lowest BCUT2D eigenvalue weighted by atomic mass is 9.69. The van der Waals surface area contributed by atoms with Crippen LogP contribution in [0, 0.1) is 5.92 Å². The fraction of sp³-hybridized carbons (Fsp3) is 0.909. The fourth-order valence-electron chi connectivity index (χ4n) is 3.03. The standard InChI is InChI=1S/C11H15F3O2/c12-11(13,14)9(15)16-10-5-1-3-8(7-10)4-2-6-10/h8H,1-7H2. The van der Waals surface area contributed by atoms with Gasteiger partial charge in [0.1, 0.15) is 5.60 Å². The Kier molecular flexibility index (Phi) is 2.88. The molecule has 0 aromatic rings. The fourth-order valence-corrected chi connectivity index (χ4v) is 3.03. The van der Waals surface area contributed by atoms with E-state index in [-0.39, 0.29) is 0 Å². The lowest BCUT2D eigenvalue weighted by Crippen LogP contribution is -2.45. The van der Waals surface area contributed by atoms with Gasteiger partial charge in [0.25, 0.3) is 0 Å². The maximum Gasteiger partial charge on any atom is 0.490 e. The van der Waals surface area contributed by atoms with Gasteiger partial charge in [0.2, 0.25) is 0 Å². The van der Waals surface area contributed by atoms with Gasteiger partial charge in [-0.2, -0.15) is 13.2 Å². The molecule has 2 nitrogen and oxygen atoms in total. The van der Waals surface area contributed by atoms with Crippen LogP contribution in [0.4, 0.5) is 13.2 Å². The molecule has 0 saturated heterocycles. The van der Waals surface area contributed by atoms with Gasteiger partial charge in [-0.15, -0.1) is 0 Å². The normalized spacial score (nSPS) is 34.6. The zero-order valence-electron chi connectivity index (χ0n) is 8.98. The number of hydrogen-bond donors (Lipinski definition) is 0. The summed E-state index contributed by atoms with van der Waals surface area (Å²) >= 11 is 0. The number of carbonyl (C=O) groups excluding carboxylic acids is 1. The predicted octanol–water partition coefficient (Wildman–Crippen LogP) is 3.20. The first-order valence-electron chi connectivity index (χ1n) is 5.71. The molecule has 5 heteroatoms. The summed E-state index contributed by atoms with van der Waals surface area (Å²) in [5.41, 5.74) is -0.812. The van der Waals surface area contributed by atoms with Crippen LogP contribution in [0.5, 0.6) is 0 Å². The summed E-state index contributed by atoms with van der Waals surface area (Å²) in [5, 5.41) is 0. The number of ether oxygens (including phenoxy) is 1. The van der Waals surface area contributed by atoms with E-state index in [0.717, 1.165) is 25.7 Å². The van der Waals surface area contributed by atoms with Crippen molar-refractivity contribution in [3.8, 4) is 0 Å². The Morgan fingerprint density at radius 1 is 1.19 bits per heavy atom. The van der Waals surface area contributed by atoms with E-state index >= 15 is 0 Å². The Morgan fingerprint density at radius 3 is 2.25 bits per heavy atom. The van der Waals surface area contributed by atoms with Gasteiger partial charge in [-0.05, 0) is 38.0 Å². The Hall–Kier alpha value is -0.740. The van der Waals surface area contributed by atoms with Crippen LogP contribution in [0.3, 0.4) is 0 Å². The van der Waals surface area contributed by atoms with Gasteiger partial charge in [-0.3, -0.25) is 0 Å². The third-order valence-electron chi connectivity index (χ3n) is 3.69. The number of hydrogen-bond acceptors (Lipinski definition) is 2. The Bertz CT molecular complexity index is 275. The molecule has 0 aliphatic heterocycles. The topological polar surface area (TPSA) is 26.3 Å².